The van der Waals surface area contributed by atoms with E-state index in [4.69, 9.17) is 5.26 Å². The highest BCUT2D eigenvalue weighted by Gasteiger charge is 2.10. The van der Waals surface area contributed by atoms with E-state index in [1.807, 2.05) is 24.3 Å². The van der Waals surface area contributed by atoms with E-state index in [0.717, 1.165) is 5.56 Å². The second-order valence-corrected chi connectivity index (χ2v) is 5.28. The van der Waals surface area contributed by atoms with Crippen LogP contribution in [0.5, 0.6) is 0 Å². The van der Waals surface area contributed by atoms with Crippen molar-refractivity contribution in [2.75, 3.05) is 18.0 Å². The molecule has 2 nitrogen and oxygen atoms in total. The summed E-state index contributed by atoms with van der Waals surface area (Å²) in [5, 5.41) is 8.82. The van der Waals surface area contributed by atoms with Crippen molar-refractivity contribution in [3.8, 4) is 17.2 Å². The second-order valence-electron chi connectivity index (χ2n) is 5.28. The fourth-order valence-corrected chi connectivity index (χ4v) is 2.75. The highest BCUT2D eigenvalue weighted by molar-refractivity contribution is 5.67. The molecule has 0 unspecified atom stereocenters. The molecular weight excluding hydrogens is 244 g/mol. The minimum Gasteiger partial charge on any atom is -0.372 e. The van der Waals surface area contributed by atoms with Gasteiger partial charge in [-0.05, 0) is 54.7 Å². The van der Waals surface area contributed by atoms with Crippen LogP contribution in [0.25, 0.3) is 11.1 Å². The van der Waals surface area contributed by atoms with Crippen LogP contribution in [0, 0.1) is 11.3 Å². The number of hydrogen-bond acceptors (Lipinski definition) is 2. The average Bonchev–Trinajstić information content (AvgIpc) is 2.56. The van der Waals surface area contributed by atoms with Crippen LogP contribution in [0.4, 0.5) is 5.69 Å². The topological polar surface area (TPSA) is 27.0 Å². The van der Waals surface area contributed by atoms with Gasteiger partial charge in [-0.2, -0.15) is 5.26 Å². The molecule has 2 aromatic carbocycles. The molecule has 0 N–H and O–H groups in total. The average molecular weight is 262 g/mol. The molecular formula is C18H18N2. The molecule has 20 heavy (non-hydrogen) atoms. The Morgan fingerprint density at radius 3 is 1.85 bits per heavy atom. The summed E-state index contributed by atoms with van der Waals surface area (Å²) >= 11 is 0. The monoisotopic (exact) mass is 262 g/mol. The Kier molecular flexibility index (Phi) is 3.69. The molecule has 2 aromatic rings. The molecule has 1 aliphatic rings. The zero-order valence-electron chi connectivity index (χ0n) is 11.5. The SMILES string of the molecule is N#Cc1ccc(-c2ccc(N3CCCCC3)cc2)cc1. The van der Waals surface area contributed by atoms with Gasteiger partial charge in [0.25, 0.3) is 0 Å². The maximum absolute atomic E-state index is 8.82. The number of anilines is 1. The predicted molar refractivity (Wildman–Crippen MR) is 82.7 cm³/mol. The van der Waals surface area contributed by atoms with E-state index in [1.165, 1.54) is 43.6 Å². The first-order valence-electron chi connectivity index (χ1n) is 7.22. The van der Waals surface area contributed by atoms with E-state index in [1.54, 1.807) is 0 Å². The molecule has 0 bridgehead atoms. The number of piperidine rings is 1. The van der Waals surface area contributed by atoms with Gasteiger partial charge in [-0.25, -0.2) is 0 Å². The summed E-state index contributed by atoms with van der Waals surface area (Å²) in [6.07, 6.45) is 3.97. The maximum Gasteiger partial charge on any atom is 0.0991 e. The quantitative estimate of drug-likeness (QED) is 0.810. The molecule has 100 valence electrons. The Labute approximate surface area is 120 Å². The Morgan fingerprint density at radius 2 is 1.30 bits per heavy atom. The van der Waals surface area contributed by atoms with Gasteiger partial charge in [-0.15, -0.1) is 0 Å². The van der Waals surface area contributed by atoms with Crippen LogP contribution >= 0.6 is 0 Å². The van der Waals surface area contributed by atoms with Gasteiger partial charge in [0.15, 0.2) is 0 Å². The van der Waals surface area contributed by atoms with Gasteiger partial charge in [0.05, 0.1) is 11.6 Å². The van der Waals surface area contributed by atoms with Crippen molar-refractivity contribution in [3.63, 3.8) is 0 Å². The van der Waals surface area contributed by atoms with Gasteiger partial charge in [0.1, 0.15) is 0 Å². The summed E-state index contributed by atoms with van der Waals surface area (Å²) < 4.78 is 0. The molecule has 1 fully saturated rings. The Morgan fingerprint density at radius 1 is 0.750 bits per heavy atom. The molecule has 0 radical (unpaired) electrons. The predicted octanol–water partition coefficient (Wildman–Crippen LogP) is 4.22. The third-order valence-electron chi connectivity index (χ3n) is 3.94. The van der Waals surface area contributed by atoms with E-state index in [0.29, 0.717) is 5.56 Å². The smallest absolute Gasteiger partial charge is 0.0991 e. The lowest BCUT2D eigenvalue weighted by Gasteiger charge is -2.28. The van der Waals surface area contributed by atoms with Crippen molar-refractivity contribution < 1.29 is 0 Å². The minimum absolute atomic E-state index is 0.707. The first-order chi connectivity index (χ1) is 9.86. The van der Waals surface area contributed by atoms with Gasteiger partial charge in [-0.3, -0.25) is 0 Å². The van der Waals surface area contributed by atoms with Gasteiger partial charge in [-0.1, -0.05) is 24.3 Å². The van der Waals surface area contributed by atoms with Crippen molar-refractivity contribution in [1.29, 1.82) is 5.26 Å². The van der Waals surface area contributed by atoms with Gasteiger partial charge < -0.3 is 4.90 Å². The minimum atomic E-state index is 0.707. The summed E-state index contributed by atoms with van der Waals surface area (Å²) in [6.45, 7) is 2.35. The molecule has 1 heterocycles. The third-order valence-corrected chi connectivity index (χ3v) is 3.94. The molecule has 0 amide bonds. The highest BCUT2D eigenvalue weighted by atomic mass is 15.1. The van der Waals surface area contributed by atoms with Crippen LogP contribution < -0.4 is 4.90 Å². The van der Waals surface area contributed by atoms with E-state index >= 15 is 0 Å². The zero-order valence-corrected chi connectivity index (χ0v) is 11.5. The fraction of sp³-hybridized carbons (Fsp3) is 0.278. The van der Waals surface area contributed by atoms with Crippen LogP contribution in [0.3, 0.4) is 0 Å². The van der Waals surface area contributed by atoms with Crippen LogP contribution in [0.15, 0.2) is 48.5 Å². The van der Waals surface area contributed by atoms with E-state index in [2.05, 4.69) is 35.2 Å². The zero-order chi connectivity index (χ0) is 13.8. The standard InChI is InChI=1S/C18H18N2/c19-14-15-4-6-16(7-5-15)17-8-10-18(11-9-17)20-12-2-1-3-13-20/h4-11H,1-3,12-13H2. The summed E-state index contributed by atoms with van der Waals surface area (Å²) in [7, 11) is 0. The number of nitrogens with zero attached hydrogens (tertiary/aromatic N) is 2. The Balaban J connectivity index is 1.79. The van der Waals surface area contributed by atoms with Crippen molar-refractivity contribution in [3.05, 3.63) is 54.1 Å². The largest absolute Gasteiger partial charge is 0.372 e. The van der Waals surface area contributed by atoms with E-state index < -0.39 is 0 Å². The summed E-state index contributed by atoms with van der Waals surface area (Å²) in [5.41, 5.74) is 4.39. The van der Waals surface area contributed by atoms with Crippen molar-refractivity contribution in [2.24, 2.45) is 0 Å². The van der Waals surface area contributed by atoms with E-state index in [-0.39, 0.29) is 0 Å². The molecule has 3 rings (SSSR count). The number of benzene rings is 2. The molecule has 1 aliphatic heterocycles. The first-order valence-corrected chi connectivity index (χ1v) is 7.22. The van der Waals surface area contributed by atoms with Gasteiger partial charge in [0.2, 0.25) is 0 Å². The van der Waals surface area contributed by atoms with Crippen LogP contribution in [-0.4, -0.2) is 13.1 Å². The lowest BCUT2D eigenvalue weighted by molar-refractivity contribution is 0.578. The fourth-order valence-electron chi connectivity index (χ4n) is 2.75. The summed E-state index contributed by atoms with van der Waals surface area (Å²) in [4.78, 5) is 2.46. The third kappa shape index (κ3) is 2.67. The molecule has 0 atom stereocenters. The summed E-state index contributed by atoms with van der Waals surface area (Å²) in [5.74, 6) is 0. The van der Waals surface area contributed by atoms with Crippen molar-refractivity contribution >= 4 is 5.69 Å². The van der Waals surface area contributed by atoms with Crippen LogP contribution in [0.2, 0.25) is 0 Å². The van der Waals surface area contributed by atoms with Crippen LogP contribution in [-0.2, 0) is 0 Å². The lowest BCUT2D eigenvalue weighted by atomic mass is 10.0. The number of hydrogen-bond donors (Lipinski definition) is 0. The molecule has 0 saturated carbocycles. The van der Waals surface area contributed by atoms with Gasteiger partial charge >= 0.3 is 0 Å². The molecule has 2 heteroatoms. The van der Waals surface area contributed by atoms with Crippen LogP contribution in [0.1, 0.15) is 24.8 Å². The molecule has 0 aliphatic carbocycles. The maximum atomic E-state index is 8.82. The van der Waals surface area contributed by atoms with Crippen molar-refractivity contribution in [2.45, 2.75) is 19.3 Å². The summed E-state index contributed by atoms with van der Waals surface area (Å²) in [6, 6.07) is 18.7. The normalized spacial score (nSPS) is 14.8. The number of nitriles is 1. The lowest BCUT2D eigenvalue weighted by Crippen LogP contribution is -2.29. The first kappa shape index (κ1) is 12.7. The molecule has 1 saturated heterocycles. The molecule has 0 spiro atoms. The number of rotatable bonds is 2. The Bertz CT molecular complexity index is 599. The van der Waals surface area contributed by atoms with Crippen molar-refractivity contribution in [1.82, 2.24) is 0 Å². The Hall–Kier alpha value is -2.27. The van der Waals surface area contributed by atoms with E-state index in [9.17, 15) is 0 Å². The van der Waals surface area contributed by atoms with Gasteiger partial charge in [0, 0.05) is 18.8 Å². The second kappa shape index (κ2) is 5.79. The highest BCUT2D eigenvalue weighted by Crippen LogP contribution is 2.25. The molecule has 0 aromatic heterocycles.